The molecule has 1 radical (unpaired) electrons. The molecule has 2 aromatic rings. The predicted octanol–water partition coefficient (Wildman–Crippen LogP) is 3.73. The Morgan fingerprint density at radius 2 is 2.00 bits per heavy atom. The number of benzene rings is 1. The van der Waals surface area contributed by atoms with Crippen molar-refractivity contribution >= 4 is 0 Å². The average molecular weight is 403 g/mol. The van der Waals surface area contributed by atoms with Crippen molar-refractivity contribution in [1.82, 2.24) is 4.98 Å². The molecule has 0 aliphatic heterocycles. The van der Waals surface area contributed by atoms with E-state index in [-0.39, 0.29) is 20.1 Å². The van der Waals surface area contributed by atoms with E-state index in [0.29, 0.717) is 0 Å². The minimum atomic E-state index is 0. The first kappa shape index (κ1) is 14.1. The number of hydrogen-bond acceptors (Lipinski definition) is 1. The standard InChI is InChI=1S/C15H16N.Ir/c1-4-13-12(3)6-5-7-14(13)15-10-11(2)8-9-16-15;/h5-6,8-10H,4H2,1-3H3;/q-1;. The molecular formula is C15H16IrN-. The monoisotopic (exact) mass is 403 g/mol. The molecule has 1 aromatic heterocycles. The molecule has 0 N–H and O–H groups in total. The van der Waals surface area contributed by atoms with Crippen LogP contribution in [-0.2, 0) is 26.5 Å². The summed E-state index contributed by atoms with van der Waals surface area (Å²) in [7, 11) is 0. The first-order chi connectivity index (χ1) is 7.72. The third kappa shape index (κ3) is 3.02. The van der Waals surface area contributed by atoms with E-state index in [2.05, 4.69) is 44.0 Å². The fourth-order valence-corrected chi connectivity index (χ4v) is 1.99. The first-order valence-electron chi connectivity index (χ1n) is 5.65. The van der Waals surface area contributed by atoms with Gasteiger partial charge >= 0.3 is 0 Å². The van der Waals surface area contributed by atoms with Gasteiger partial charge in [-0.25, -0.2) is 0 Å². The van der Waals surface area contributed by atoms with E-state index in [4.69, 9.17) is 0 Å². The van der Waals surface area contributed by atoms with Crippen LogP contribution < -0.4 is 0 Å². The summed E-state index contributed by atoms with van der Waals surface area (Å²) in [6.07, 6.45) is 2.88. The molecule has 0 aliphatic rings. The molecule has 0 aliphatic carbocycles. The number of hydrogen-bond donors (Lipinski definition) is 0. The normalized spacial score (nSPS) is 9.82. The van der Waals surface area contributed by atoms with Crippen molar-refractivity contribution in [2.75, 3.05) is 0 Å². The third-order valence-corrected chi connectivity index (χ3v) is 2.86. The Morgan fingerprint density at radius 1 is 1.24 bits per heavy atom. The van der Waals surface area contributed by atoms with E-state index >= 15 is 0 Å². The van der Waals surface area contributed by atoms with Crippen molar-refractivity contribution in [3.05, 3.63) is 53.2 Å². The van der Waals surface area contributed by atoms with E-state index in [1.54, 1.807) is 0 Å². The minimum absolute atomic E-state index is 0. The van der Waals surface area contributed by atoms with Crippen molar-refractivity contribution < 1.29 is 20.1 Å². The summed E-state index contributed by atoms with van der Waals surface area (Å²) in [6.45, 7) is 6.41. The molecule has 17 heavy (non-hydrogen) atoms. The Balaban J connectivity index is 0.00000144. The number of aromatic nitrogens is 1. The summed E-state index contributed by atoms with van der Waals surface area (Å²) in [5.74, 6) is 0. The van der Waals surface area contributed by atoms with Crippen LogP contribution in [0.2, 0.25) is 0 Å². The Bertz CT molecular complexity index is 506. The molecule has 0 saturated carbocycles. The summed E-state index contributed by atoms with van der Waals surface area (Å²) < 4.78 is 0. The molecule has 0 amide bonds. The minimum Gasteiger partial charge on any atom is -0.305 e. The summed E-state index contributed by atoms with van der Waals surface area (Å²) in [5.41, 5.74) is 6.08. The van der Waals surface area contributed by atoms with E-state index in [9.17, 15) is 0 Å². The van der Waals surface area contributed by atoms with E-state index in [0.717, 1.165) is 17.7 Å². The molecule has 0 atom stereocenters. The molecule has 1 heterocycles. The van der Waals surface area contributed by atoms with Gasteiger partial charge in [-0.1, -0.05) is 31.9 Å². The summed E-state index contributed by atoms with van der Waals surface area (Å²) in [6, 6.07) is 11.5. The summed E-state index contributed by atoms with van der Waals surface area (Å²) in [4.78, 5) is 4.43. The van der Waals surface area contributed by atoms with E-state index in [1.807, 2.05) is 18.3 Å². The number of aryl methyl sites for hydroxylation is 2. The van der Waals surface area contributed by atoms with Gasteiger partial charge in [0.1, 0.15) is 0 Å². The quantitative estimate of drug-likeness (QED) is 0.698. The average Bonchev–Trinajstić information content (AvgIpc) is 2.28. The van der Waals surface area contributed by atoms with Gasteiger partial charge in [0.2, 0.25) is 0 Å². The van der Waals surface area contributed by atoms with Gasteiger partial charge < -0.3 is 4.98 Å². The number of rotatable bonds is 2. The van der Waals surface area contributed by atoms with E-state index in [1.165, 1.54) is 16.7 Å². The Hall–Kier alpha value is -0.981. The molecule has 2 rings (SSSR count). The zero-order valence-corrected chi connectivity index (χ0v) is 12.8. The maximum Gasteiger partial charge on any atom is 0.0163 e. The first-order valence-corrected chi connectivity index (χ1v) is 5.65. The molecular weight excluding hydrogens is 386 g/mol. The van der Waals surface area contributed by atoms with Crippen LogP contribution in [0.15, 0.2) is 30.5 Å². The molecule has 2 heteroatoms. The van der Waals surface area contributed by atoms with Crippen LogP contribution in [0.5, 0.6) is 0 Å². The maximum absolute atomic E-state index is 4.43. The Morgan fingerprint density at radius 3 is 2.65 bits per heavy atom. The zero-order chi connectivity index (χ0) is 11.5. The van der Waals surface area contributed by atoms with Crippen LogP contribution in [0.25, 0.3) is 11.3 Å². The van der Waals surface area contributed by atoms with Crippen LogP contribution in [0.4, 0.5) is 0 Å². The van der Waals surface area contributed by atoms with Crippen molar-refractivity contribution in [2.24, 2.45) is 0 Å². The predicted molar refractivity (Wildman–Crippen MR) is 67.4 cm³/mol. The van der Waals surface area contributed by atoms with Crippen molar-refractivity contribution in [3.63, 3.8) is 0 Å². The van der Waals surface area contributed by atoms with Gasteiger partial charge in [0, 0.05) is 26.3 Å². The number of nitrogens with zero attached hydrogens (tertiary/aromatic N) is 1. The van der Waals surface area contributed by atoms with Crippen LogP contribution in [0.3, 0.4) is 0 Å². The van der Waals surface area contributed by atoms with Gasteiger partial charge in [0.15, 0.2) is 0 Å². The topological polar surface area (TPSA) is 12.9 Å². The van der Waals surface area contributed by atoms with Crippen LogP contribution in [0.1, 0.15) is 23.6 Å². The van der Waals surface area contributed by atoms with Gasteiger partial charge in [0.25, 0.3) is 0 Å². The van der Waals surface area contributed by atoms with Gasteiger partial charge in [-0.05, 0) is 18.7 Å². The summed E-state index contributed by atoms with van der Waals surface area (Å²) in [5, 5.41) is 0. The molecule has 0 spiro atoms. The Labute approximate surface area is 117 Å². The van der Waals surface area contributed by atoms with Gasteiger partial charge in [-0.3, -0.25) is 0 Å². The molecule has 0 saturated heterocycles. The fraction of sp³-hybridized carbons (Fsp3) is 0.267. The Kier molecular flexibility index (Phi) is 5.04. The van der Waals surface area contributed by atoms with Crippen molar-refractivity contribution in [1.29, 1.82) is 0 Å². The van der Waals surface area contributed by atoms with Crippen LogP contribution >= 0.6 is 0 Å². The molecule has 0 unspecified atom stereocenters. The van der Waals surface area contributed by atoms with Gasteiger partial charge in [0.05, 0.1) is 0 Å². The SMILES string of the molecule is CCc1c(-c2cc(C)ccn2)[c-]ccc1C.[Ir]. The fourth-order valence-electron chi connectivity index (χ4n) is 1.99. The number of pyridine rings is 1. The van der Waals surface area contributed by atoms with Gasteiger partial charge in [-0.15, -0.1) is 34.9 Å². The molecule has 91 valence electrons. The third-order valence-electron chi connectivity index (χ3n) is 2.86. The van der Waals surface area contributed by atoms with Crippen LogP contribution in [0, 0.1) is 19.9 Å². The van der Waals surface area contributed by atoms with Crippen molar-refractivity contribution in [3.8, 4) is 11.3 Å². The van der Waals surface area contributed by atoms with E-state index < -0.39 is 0 Å². The summed E-state index contributed by atoms with van der Waals surface area (Å²) >= 11 is 0. The molecule has 0 fully saturated rings. The molecule has 0 bridgehead atoms. The zero-order valence-electron chi connectivity index (χ0n) is 10.4. The van der Waals surface area contributed by atoms with Crippen molar-refractivity contribution in [2.45, 2.75) is 27.2 Å². The maximum atomic E-state index is 4.43. The second-order valence-electron chi connectivity index (χ2n) is 4.09. The second kappa shape index (κ2) is 6.09. The second-order valence-corrected chi connectivity index (χ2v) is 4.09. The van der Waals surface area contributed by atoms with Crippen LogP contribution in [-0.4, -0.2) is 4.98 Å². The molecule has 1 nitrogen and oxygen atoms in total. The molecule has 1 aromatic carbocycles. The largest absolute Gasteiger partial charge is 0.305 e. The van der Waals surface area contributed by atoms with Gasteiger partial charge in [-0.2, -0.15) is 0 Å². The smallest absolute Gasteiger partial charge is 0.0163 e.